The Morgan fingerprint density at radius 1 is 1.12 bits per heavy atom. The molecule has 5 nitrogen and oxygen atoms in total. The number of hydrogen-bond acceptors (Lipinski definition) is 4. The first kappa shape index (κ1) is 19.8. The predicted octanol–water partition coefficient (Wildman–Crippen LogP) is 4.54. The van der Waals surface area contributed by atoms with E-state index in [-0.39, 0.29) is 11.9 Å². The molecule has 26 heavy (non-hydrogen) atoms. The van der Waals surface area contributed by atoms with Gasteiger partial charge in [-0.25, -0.2) is 4.79 Å². The molecule has 0 unspecified atom stereocenters. The lowest BCUT2D eigenvalue weighted by molar-refractivity contribution is -0.122. The van der Waals surface area contributed by atoms with E-state index in [1.807, 2.05) is 13.8 Å². The number of halogens is 1. The third-order valence-electron chi connectivity index (χ3n) is 3.81. The maximum atomic E-state index is 12.4. The first-order chi connectivity index (χ1) is 12.3. The fourth-order valence-electron chi connectivity index (χ4n) is 2.33. The van der Waals surface area contributed by atoms with Gasteiger partial charge in [-0.3, -0.25) is 4.79 Å². The van der Waals surface area contributed by atoms with Crippen molar-refractivity contribution in [3.05, 3.63) is 58.1 Å². The van der Waals surface area contributed by atoms with Crippen molar-refractivity contribution in [3.63, 3.8) is 0 Å². The van der Waals surface area contributed by atoms with E-state index < -0.39 is 6.10 Å². The first-order valence-corrected chi connectivity index (χ1v) is 8.71. The van der Waals surface area contributed by atoms with Crippen molar-refractivity contribution in [1.82, 2.24) is 0 Å². The Morgan fingerprint density at radius 2 is 1.85 bits per heavy atom. The van der Waals surface area contributed by atoms with Gasteiger partial charge in [0.15, 0.2) is 6.10 Å². The van der Waals surface area contributed by atoms with E-state index in [4.69, 9.17) is 21.1 Å². The predicted molar refractivity (Wildman–Crippen MR) is 102 cm³/mol. The highest BCUT2D eigenvalue weighted by Gasteiger charge is 2.17. The maximum Gasteiger partial charge on any atom is 0.338 e. The summed E-state index contributed by atoms with van der Waals surface area (Å²) in [5.74, 6) is -0.100. The van der Waals surface area contributed by atoms with Crippen molar-refractivity contribution >= 4 is 29.2 Å². The van der Waals surface area contributed by atoms with Gasteiger partial charge in [0.1, 0.15) is 5.75 Å². The number of anilines is 1. The molecule has 0 spiro atoms. The van der Waals surface area contributed by atoms with E-state index >= 15 is 0 Å². The van der Waals surface area contributed by atoms with Crippen LogP contribution in [0.2, 0.25) is 5.02 Å². The molecule has 2 rings (SSSR count). The molecule has 2 aromatic carbocycles. The van der Waals surface area contributed by atoms with E-state index in [1.165, 1.54) is 0 Å². The monoisotopic (exact) mass is 375 g/mol. The highest BCUT2D eigenvalue weighted by Crippen LogP contribution is 2.22. The number of amides is 1. The summed E-state index contributed by atoms with van der Waals surface area (Å²) in [5, 5.41) is 3.46. The molecule has 0 saturated heterocycles. The average molecular weight is 376 g/mol. The summed E-state index contributed by atoms with van der Waals surface area (Å²) in [4.78, 5) is 24.1. The van der Waals surface area contributed by atoms with Crippen molar-refractivity contribution < 1.29 is 19.1 Å². The molecule has 6 heteroatoms. The lowest BCUT2D eigenvalue weighted by atomic mass is 10.1. The Morgan fingerprint density at radius 3 is 2.46 bits per heavy atom. The number of ether oxygens (including phenoxy) is 2. The van der Waals surface area contributed by atoms with Gasteiger partial charge in [0.05, 0.1) is 12.2 Å². The van der Waals surface area contributed by atoms with Crippen LogP contribution >= 0.6 is 11.6 Å². The minimum absolute atomic E-state index is 0.287. The molecule has 0 aromatic heterocycles. The molecule has 0 saturated carbocycles. The Labute approximate surface area is 158 Å². The molecular formula is C20H22ClNO4. The minimum atomic E-state index is -0.695. The van der Waals surface area contributed by atoms with Gasteiger partial charge in [0, 0.05) is 10.7 Å². The van der Waals surface area contributed by atoms with Crippen LogP contribution in [0, 0.1) is 13.8 Å². The standard InChI is InChI=1S/C20H22ClNO4/c1-5-25-20(24)15-6-9-18(13(3)10-15)22-19(23)14(4)26-16-7-8-17(21)12(2)11-16/h6-11,14H,5H2,1-4H3,(H,22,23)/t14-/m0/s1. The van der Waals surface area contributed by atoms with Gasteiger partial charge in [-0.1, -0.05) is 11.6 Å². The Balaban J connectivity index is 2.04. The SMILES string of the molecule is CCOC(=O)c1ccc(NC(=O)[C@H](C)Oc2ccc(Cl)c(C)c2)c(C)c1. The van der Waals surface area contributed by atoms with Crippen LogP contribution in [-0.2, 0) is 9.53 Å². The second-order valence-corrected chi connectivity index (χ2v) is 6.32. The molecule has 0 aliphatic rings. The maximum absolute atomic E-state index is 12.4. The molecule has 0 aliphatic heterocycles. The summed E-state index contributed by atoms with van der Waals surface area (Å²) in [6.07, 6.45) is -0.695. The summed E-state index contributed by atoms with van der Waals surface area (Å²) >= 11 is 5.99. The Bertz CT molecular complexity index is 819. The summed E-state index contributed by atoms with van der Waals surface area (Å²) in [7, 11) is 0. The van der Waals surface area contributed by atoms with E-state index in [0.29, 0.717) is 28.6 Å². The number of carbonyl (C=O) groups excluding carboxylic acids is 2. The Hall–Kier alpha value is -2.53. The quantitative estimate of drug-likeness (QED) is 0.753. The average Bonchev–Trinajstić information content (AvgIpc) is 2.60. The minimum Gasteiger partial charge on any atom is -0.481 e. The topological polar surface area (TPSA) is 64.6 Å². The number of rotatable bonds is 6. The van der Waals surface area contributed by atoms with E-state index in [0.717, 1.165) is 11.1 Å². The second kappa shape index (κ2) is 8.72. The van der Waals surface area contributed by atoms with Crippen LogP contribution in [0.4, 0.5) is 5.69 Å². The van der Waals surface area contributed by atoms with Crippen LogP contribution < -0.4 is 10.1 Å². The van der Waals surface area contributed by atoms with E-state index in [1.54, 1.807) is 50.2 Å². The van der Waals surface area contributed by atoms with Gasteiger partial charge >= 0.3 is 5.97 Å². The van der Waals surface area contributed by atoms with Gasteiger partial charge in [0.2, 0.25) is 0 Å². The zero-order valence-corrected chi connectivity index (χ0v) is 16.0. The number of aryl methyl sites for hydroxylation is 2. The lowest BCUT2D eigenvalue weighted by Gasteiger charge is -2.16. The fraction of sp³-hybridized carbons (Fsp3) is 0.300. The van der Waals surface area contributed by atoms with E-state index in [9.17, 15) is 9.59 Å². The van der Waals surface area contributed by atoms with Crippen LogP contribution in [0.3, 0.4) is 0 Å². The second-order valence-electron chi connectivity index (χ2n) is 5.91. The Kier molecular flexibility index (Phi) is 6.64. The zero-order chi connectivity index (χ0) is 19.3. The van der Waals surface area contributed by atoms with E-state index in [2.05, 4.69) is 5.32 Å². The number of hydrogen-bond donors (Lipinski definition) is 1. The molecule has 0 bridgehead atoms. The summed E-state index contributed by atoms with van der Waals surface area (Å²) in [5.41, 5.74) is 2.70. The van der Waals surface area contributed by atoms with Gasteiger partial charge in [-0.15, -0.1) is 0 Å². The van der Waals surface area contributed by atoms with Gasteiger partial charge in [0.25, 0.3) is 5.91 Å². The number of nitrogens with one attached hydrogen (secondary N) is 1. The number of carbonyl (C=O) groups is 2. The van der Waals surface area contributed by atoms with Crippen LogP contribution in [0.1, 0.15) is 35.3 Å². The molecule has 0 radical (unpaired) electrons. The van der Waals surface area contributed by atoms with Gasteiger partial charge in [-0.2, -0.15) is 0 Å². The van der Waals surface area contributed by atoms with Crippen LogP contribution in [0.25, 0.3) is 0 Å². The molecule has 138 valence electrons. The fourth-order valence-corrected chi connectivity index (χ4v) is 2.45. The van der Waals surface area contributed by atoms with Gasteiger partial charge < -0.3 is 14.8 Å². The van der Waals surface area contributed by atoms with Crippen molar-refractivity contribution in [2.75, 3.05) is 11.9 Å². The van der Waals surface area contributed by atoms with Crippen molar-refractivity contribution in [2.45, 2.75) is 33.8 Å². The molecule has 1 amide bonds. The highest BCUT2D eigenvalue weighted by molar-refractivity contribution is 6.31. The zero-order valence-electron chi connectivity index (χ0n) is 15.3. The normalized spacial score (nSPS) is 11.6. The molecule has 1 atom stereocenters. The lowest BCUT2D eigenvalue weighted by Crippen LogP contribution is -2.30. The molecule has 0 heterocycles. The number of benzene rings is 2. The summed E-state index contributed by atoms with van der Waals surface area (Å²) in [6.45, 7) is 7.42. The highest BCUT2D eigenvalue weighted by atomic mass is 35.5. The molecule has 1 N–H and O–H groups in total. The largest absolute Gasteiger partial charge is 0.481 e. The molecule has 0 aliphatic carbocycles. The summed E-state index contributed by atoms with van der Waals surface area (Å²) in [6, 6.07) is 10.2. The van der Waals surface area contributed by atoms with Gasteiger partial charge in [-0.05, 0) is 75.2 Å². The van der Waals surface area contributed by atoms with Crippen LogP contribution in [0.15, 0.2) is 36.4 Å². The smallest absolute Gasteiger partial charge is 0.338 e. The van der Waals surface area contributed by atoms with Crippen molar-refractivity contribution in [2.24, 2.45) is 0 Å². The molecular weight excluding hydrogens is 354 g/mol. The third-order valence-corrected chi connectivity index (χ3v) is 4.23. The third kappa shape index (κ3) is 4.99. The molecule has 0 fully saturated rings. The van der Waals surface area contributed by atoms with Crippen LogP contribution in [-0.4, -0.2) is 24.6 Å². The summed E-state index contributed by atoms with van der Waals surface area (Å²) < 4.78 is 10.6. The van der Waals surface area contributed by atoms with Crippen molar-refractivity contribution in [1.29, 1.82) is 0 Å². The number of esters is 1. The van der Waals surface area contributed by atoms with Crippen molar-refractivity contribution in [3.8, 4) is 5.75 Å². The molecule has 2 aromatic rings. The van der Waals surface area contributed by atoms with Crippen LogP contribution in [0.5, 0.6) is 5.75 Å². The first-order valence-electron chi connectivity index (χ1n) is 8.33.